The summed E-state index contributed by atoms with van der Waals surface area (Å²) in [7, 11) is 0. The molecule has 5 heteroatoms. The van der Waals surface area contributed by atoms with Crippen molar-refractivity contribution in [3.05, 3.63) is 53.7 Å². The molecule has 3 aromatic rings. The van der Waals surface area contributed by atoms with Gasteiger partial charge in [-0.25, -0.2) is 0 Å². The summed E-state index contributed by atoms with van der Waals surface area (Å²) in [5.74, 6) is 1.19. The van der Waals surface area contributed by atoms with Crippen LogP contribution in [-0.2, 0) is 0 Å². The van der Waals surface area contributed by atoms with E-state index in [2.05, 4.69) is 5.16 Å². The number of rotatable bonds is 4. The first-order valence-electron chi connectivity index (χ1n) is 6.86. The molecule has 114 valence electrons. The standard InChI is InChI=1S/C17H14ClNO3.H2/c1-2-21-13-7-8-14(16(20)9-13)17-15(10-19-22-17)11-3-5-12(18)6-4-11;/h3-10,20H,2H2,1H3;1H. The second-order valence-corrected chi connectivity index (χ2v) is 5.12. The lowest BCUT2D eigenvalue weighted by Crippen LogP contribution is -1.91. The second kappa shape index (κ2) is 6.12. The summed E-state index contributed by atoms with van der Waals surface area (Å²) in [6.45, 7) is 2.43. The van der Waals surface area contributed by atoms with Gasteiger partial charge < -0.3 is 14.4 Å². The zero-order chi connectivity index (χ0) is 15.5. The topological polar surface area (TPSA) is 55.5 Å². The van der Waals surface area contributed by atoms with Crippen molar-refractivity contribution in [1.29, 1.82) is 0 Å². The molecule has 4 nitrogen and oxygen atoms in total. The predicted molar refractivity (Wildman–Crippen MR) is 87.3 cm³/mol. The predicted octanol–water partition coefficient (Wildman–Crippen LogP) is 5.01. The zero-order valence-corrected chi connectivity index (χ0v) is 12.7. The van der Waals surface area contributed by atoms with Crippen molar-refractivity contribution in [1.82, 2.24) is 5.16 Å². The van der Waals surface area contributed by atoms with Gasteiger partial charge in [-0.15, -0.1) is 0 Å². The highest BCUT2D eigenvalue weighted by molar-refractivity contribution is 6.30. The molecule has 0 unspecified atom stereocenters. The van der Waals surface area contributed by atoms with Crippen LogP contribution in [0.2, 0.25) is 5.02 Å². The number of phenols is 1. The fourth-order valence-corrected chi connectivity index (χ4v) is 2.35. The SMILES string of the molecule is CCOc1ccc(-c2oncc2-c2ccc(Cl)cc2)c(O)c1.[HH]. The zero-order valence-electron chi connectivity index (χ0n) is 11.9. The van der Waals surface area contributed by atoms with Crippen molar-refractivity contribution in [2.24, 2.45) is 0 Å². The van der Waals surface area contributed by atoms with E-state index in [9.17, 15) is 5.11 Å². The Morgan fingerprint density at radius 3 is 2.64 bits per heavy atom. The summed E-state index contributed by atoms with van der Waals surface area (Å²) < 4.78 is 10.7. The summed E-state index contributed by atoms with van der Waals surface area (Å²) in [5, 5.41) is 14.7. The van der Waals surface area contributed by atoms with Gasteiger partial charge in [0.2, 0.25) is 0 Å². The molecule has 0 aliphatic rings. The van der Waals surface area contributed by atoms with Crippen LogP contribution in [0.15, 0.2) is 53.2 Å². The normalized spacial score (nSPS) is 10.6. The van der Waals surface area contributed by atoms with Gasteiger partial charge in [0.25, 0.3) is 0 Å². The molecule has 0 radical (unpaired) electrons. The monoisotopic (exact) mass is 317 g/mol. The number of halogens is 1. The highest BCUT2D eigenvalue weighted by Gasteiger charge is 2.16. The quantitative estimate of drug-likeness (QED) is 0.734. The average Bonchev–Trinajstić information content (AvgIpc) is 2.98. The largest absolute Gasteiger partial charge is 0.507 e. The minimum Gasteiger partial charge on any atom is -0.507 e. The van der Waals surface area contributed by atoms with E-state index in [0.717, 1.165) is 11.1 Å². The van der Waals surface area contributed by atoms with Crippen molar-refractivity contribution in [2.75, 3.05) is 6.61 Å². The molecule has 0 amide bonds. The number of hydrogen-bond acceptors (Lipinski definition) is 4. The van der Waals surface area contributed by atoms with Crippen LogP contribution in [0.25, 0.3) is 22.5 Å². The number of aromatic hydroxyl groups is 1. The van der Waals surface area contributed by atoms with Gasteiger partial charge in [0.1, 0.15) is 11.5 Å². The number of hydrogen-bond donors (Lipinski definition) is 1. The molecule has 0 saturated heterocycles. The molecular weight excluding hydrogens is 302 g/mol. The number of ether oxygens (including phenoxy) is 1. The van der Waals surface area contributed by atoms with E-state index in [1.807, 2.05) is 19.1 Å². The highest BCUT2D eigenvalue weighted by Crippen LogP contribution is 2.38. The summed E-state index contributed by atoms with van der Waals surface area (Å²) in [5.41, 5.74) is 2.26. The van der Waals surface area contributed by atoms with Crippen molar-refractivity contribution in [2.45, 2.75) is 6.92 Å². The molecule has 1 aromatic heterocycles. The van der Waals surface area contributed by atoms with Crippen LogP contribution in [0.1, 0.15) is 8.35 Å². The highest BCUT2D eigenvalue weighted by atomic mass is 35.5. The van der Waals surface area contributed by atoms with Crippen molar-refractivity contribution in [3.8, 4) is 33.9 Å². The average molecular weight is 318 g/mol. The first-order valence-corrected chi connectivity index (χ1v) is 7.23. The third-order valence-electron chi connectivity index (χ3n) is 3.25. The fourth-order valence-electron chi connectivity index (χ4n) is 2.23. The minimum absolute atomic E-state index is 0. The third kappa shape index (κ3) is 2.78. The Bertz CT molecular complexity index is 787. The van der Waals surface area contributed by atoms with Gasteiger partial charge in [-0.1, -0.05) is 28.9 Å². The van der Waals surface area contributed by atoms with Gasteiger partial charge in [-0.05, 0) is 36.8 Å². The molecule has 3 rings (SSSR count). The van der Waals surface area contributed by atoms with Crippen LogP contribution in [0, 0.1) is 0 Å². The molecule has 1 heterocycles. The molecule has 0 saturated carbocycles. The summed E-state index contributed by atoms with van der Waals surface area (Å²) >= 11 is 5.91. The Morgan fingerprint density at radius 2 is 1.95 bits per heavy atom. The van der Waals surface area contributed by atoms with Crippen LogP contribution in [0.5, 0.6) is 11.5 Å². The summed E-state index contributed by atoms with van der Waals surface area (Å²) in [6, 6.07) is 12.4. The van der Waals surface area contributed by atoms with Crippen molar-refractivity contribution >= 4 is 11.6 Å². The summed E-state index contributed by atoms with van der Waals surface area (Å²) in [6.07, 6.45) is 1.62. The van der Waals surface area contributed by atoms with Gasteiger partial charge in [0, 0.05) is 18.1 Å². The van der Waals surface area contributed by atoms with Gasteiger partial charge in [-0.3, -0.25) is 0 Å². The number of nitrogens with zero attached hydrogens (tertiary/aromatic N) is 1. The van der Waals surface area contributed by atoms with Gasteiger partial charge in [0.15, 0.2) is 5.76 Å². The smallest absolute Gasteiger partial charge is 0.178 e. The number of benzene rings is 2. The van der Waals surface area contributed by atoms with Crippen molar-refractivity contribution < 1.29 is 15.8 Å². The van der Waals surface area contributed by atoms with E-state index in [-0.39, 0.29) is 7.18 Å². The molecule has 0 bridgehead atoms. The van der Waals surface area contributed by atoms with E-state index in [0.29, 0.717) is 28.7 Å². The maximum atomic E-state index is 10.2. The number of phenolic OH excluding ortho intramolecular Hbond substituents is 1. The van der Waals surface area contributed by atoms with Crippen LogP contribution < -0.4 is 4.74 Å². The molecule has 0 fully saturated rings. The lowest BCUT2D eigenvalue weighted by Gasteiger charge is -2.07. The molecule has 0 aliphatic carbocycles. The first-order chi connectivity index (χ1) is 10.7. The van der Waals surface area contributed by atoms with Gasteiger partial charge in [0.05, 0.1) is 18.4 Å². The molecule has 22 heavy (non-hydrogen) atoms. The van der Waals surface area contributed by atoms with E-state index in [1.54, 1.807) is 36.5 Å². The second-order valence-electron chi connectivity index (χ2n) is 4.69. The molecule has 2 aromatic carbocycles. The van der Waals surface area contributed by atoms with E-state index in [4.69, 9.17) is 20.9 Å². The Kier molecular flexibility index (Phi) is 4.02. The van der Waals surface area contributed by atoms with Crippen LogP contribution in [0.3, 0.4) is 0 Å². The molecular formula is C17H16ClNO3. The minimum atomic E-state index is 0. The fraction of sp³-hybridized carbons (Fsp3) is 0.118. The van der Waals surface area contributed by atoms with Gasteiger partial charge >= 0.3 is 0 Å². The molecule has 0 atom stereocenters. The Morgan fingerprint density at radius 1 is 1.18 bits per heavy atom. The lowest BCUT2D eigenvalue weighted by molar-refractivity contribution is 0.337. The van der Waals surface area contributed by atoms with E-state index < -0.39 is 0 Å². The first kappa shape index (κ1) is 14.5. The third-order valence-corrected chi connectivity index (χ3v) is 3.50. The number of aromatic nitrogens is 1. The Balaban J connectivity index is 0.00000192. The van der Waals surface area contributed by atoms with Crippen LogP contribution in [0.4, 0.5) is 0 Å². The Hall–Kier alpha value is -2.46. The lowest BCUT2D eigenvalue weighted by atomic mass is 10.0. The van der Waals surface area contributed by atoms with E-state index >= 15 is 0 Å². The maximum absolute atomic E-state index is 10.2. The van der Waals surface area contributed by atoms with E-state index in [1.165, 1.54) is 0 Å². The summed E-state index contributed by atoms with van der Waals surface area (Å²) in [4.78, 5) is 0. The molecule has 0 spiro atoms. The Labute approximate surface area is 134 Å². The maximum Gasteiger partial charge on any atom is 0.178 e. The van der Waals surface area contributed by atoms with Crippen LogP contribution >= 0.6 is 11.6 Å². The van der Waals surface area contributed by atoms with Crippen LogP contribution in [-0.4, -0.2) is 16.9 Å². The molecule has 1 N–H and O–H groups in total. The van der Waals surface area contributed by atoms with Gasteiger partial charge in [-0.2, -0.15) is 0 Å². The van der Waals surface area contributed by atoms with Crippen molar-refractivity contribution in [3.63, 3.8) is 0 Å². The molecule has 0 aliphatic heterocycles.